The van der Waals surface area contributed by atoms with Crippen LogP contribution in [0.2, 0.25) is 0 Å². The SMILES string of the molecule is COC(=O)[C@H]1C[C@H](N(C)C(C)C)CC[C@@H]1N1CCC(N)C1=O. The van der Waals surface area contributed by atoms with Gasteiger partial charge in [-0.1, -0.05) is 0 Å². The molecule has 1 unspecified atom stereocenters. The van der Waals surface area contributed by atoms with Crippen molar-refractivity contribution in [3.63, 3.8) is 0 Å². The highest BCUT2D eigenvalue weighted by Gasteiger charge is 2.44. The summed E-state index contributed by atoms with van der Waals surface area (Å²) in [5, 5.41) is 0. The maximum Gasteiger partial charge on any atom is 0.310 e. The van der Waals surface area contributed by atoms with Crippen molar-refractivity contribution in [2.24, 2.45) is 11.7 Å². The van der Waals surface area contributed by atoms with Crippen LogP contribution >= 0.6 is 0 Å². The molecule has 2 N–H and O–H groups in total. The van der Waals surface area contributed by atoms with Crippen LogP contribution in [0.15, 0.2) is 0 Å². The average molecular weight is 311 g/mol. The number of likely N-dealkylation sites (tertiary alicyclic amines) is 1. The summed E-state index contributed by atoms with van der Waals surface area (Å²) in [6.07, 6.45) is 3.25. The first-order valence-electron chi connectivity index (χ1n) is 8.22. The Kier molecular flexibility index (Phi) is 5.45. The van der Waals surface area contributed by atoms with Gasteiger partial charge in [-0.25, -0.2) is 0 Å². The minimum Gasteiger partial charge on any atom is -0.469 e. The van der Waals surface area contributed by atoms with Crippen LogP contribution in [-0.2, 0) is 14.3 Å². The predicted molar refractivity (Wildman–Crippen MR) is 84.1 cm³/mol. The van der Waals surface area contributed by atoms with Crippen LogP contribution in [0.1, 0.15) is 39.5 Å². The summed E-state index contributed by atoms with van der Waals surface area (Å²) >= 11 is 0. The van der Waals surface area contributed by atoms with Gasteiger partial charge in [-0.2, -0.15) is 0 Å². The van der Waals surface area contributed by atoms with Crippen LogP contribution in [0.3, 0.4) is 0 Å². The minimum absolute atomic E-state index is 0.0189. The van der Waals surface area contributed by atoms with E-state index in [1.54, 1.807) is 0 Å². The zero-order valence-electron chi connectivity index (χ0n) is 14.1. The van der Waals surface area contributed by atoms with E-state index in [1.807, 2.05) is 4.90 Å². The maximum atomic E-state index is 12.3. The van der Waals surface area contributed by atoms with Gasteiger partial charge < -0.3 is 20.3 Å². The maximum absolute atomic E-state index is 12.3. The number of carbonyl (C=O) groups is 2. The third kappa shape index (κ3) is 3.27. The first kappa shape index (κ1) is 17.2. The standard InChI is InChI=1S/C16H29N3O3/c1-10(2)18(3)11-5-6-14(12(9-11)16(21)22-4)19-8-7-13(17)15(19)20/h10-14H,5-9,17H2,1-4H3/t11-,12+,13?,14+/m1/s1. The minimum atomic E-state index is -0.408. The van der Waals surface area contributed by atoms with Gasteiger partial charge in [0.15, 0.2) is 0 Å². The number of ether oxygens (including phenoxy) is 1. The Labute approximate surface area is 132 Å². The van der Waals surface area contributed by atoms with Crippen molar-refractivity contribution in [1.82, 2.24) is 9.80 Å². The number of amides is 1. The molecule has 0 bridgehead atoms. The molecule has 6 nitrogen and oxygen atoms in total. The Balaban J connectivity index is 2.14. The molecule has 2 fully saturated rings. The number of esters is 1. The Morgan fingerprint density at radius 3 is 2.55 bits per heavy atom. The van der Waals surface area contributed by atoms with E-state index in [1.165, 1.54) is 7.11 Å². The van der Waals surface area contributed by atoms with E-state index < -0.39 is 6.04 Å². The number of methoxy groups -OCH3 is 1. The number of nitrogens with two attached hydrogens (primary N) is 1. The molecule has 1 saturated heterocycles. The molecule has 2 aliphatic rings. The molecule has 1 aliphatic carbocycles. The van der Waals surface area contributed by atoms with Gasteiger partial charge in [-0.05, 0) is 46.6 Å². The second-order valence-electron chi connectivity index (χ2n) is 6.85. The number of nitrogens with zero attached hydrogens (tertiary/aromatic N) is 2. The molecule has 1 aliphatic heterocycles. The lowest BCUT2D eigenvalue weighted by molar-refractivity contribution is -0.152. The van der Waals surface area contributed by atoms with Crippen molar-refractivity contribution in [2.45, 2.75) is 63.7 Å². The summed E-state index contributed by atoms with van der Waals surface area (Å²) in [4.78, 5) is 28.6. The molecule has 0 aromatic carbocycles. The molecule has 2 rings (SSSR count). The average Bonchev–Trinajstić information content (AvgIpc) is 2.84. The van der Waals surface area contributed by atoms with Crippen LogP contribution in [-0.4, -0.2) is 66.5 Å². The molecule has 6 heteroatoms. The van der Waals surface area contributed by atoms with Crippen molar-refractivity contribution < 1.29 is 14.3 Å². The highest BCUT2D eigenvalue weighted by molar-refractivity contribution is 5.85. The highest BCUT2D eigenvalue weighted by Crippen LogP contribution is 2.34. The normalized spacial score (nSPS) is 32.9. The lowest BCUT2D eigenvalue weighted by Gasteiger charge is -2.43. The Morgan fingerprint density at radius 2 is 2.05 bits per heavy atom. The van der Waals surface area contributed by atoms with Crippen LogP contribution in [0.25, 0.3) is 0 Å². The van der Waals surface area contributed by atoms with Crippen molar-refractivity contribution in [2.75, 3.05) is 20.7 Å². The lowest BCUT2D eigenvalue weighted by atomic mass is 9.80. The molecular weight excluding hydrogens is 282 g/mol. The summed E-state index contributed by atoms with van der Waals surface area (Å²) in [6.45, 7) is 4.97. The second-order valence-corrected chi connectivity index (χ2v) is 6.85. The van der Waals surface area contributed by atoms with Gasteiger partial charge in [-0.15, -0.1) is 0 Å². The van der Waals surface area contributed by atoms with E-state index in [-0.39, 0.29) is 23.8 Å². The largest absolute Gasteiger partial charge is 0.469 e. The van der Waals surface area contributed by atoms with Gasteiger partial charge in [-0.3, -0.25) is 9.59 Å². The fourth-order valence-electron chi connectivity index (χ4n) is 3.76. The quantitative estimate of drug-likeness (QED) is 0.769. The van der Waals surface area contributed by atoms with Gasteiger partial charge in [0, 0.05) is 24.7 Å². The summed E-state index contributed by atoms with van der Waals surface area (Å²) < 4.78 is 5.00. The molecule has 0 aromatic heterocycles. The molecular formula is C16H29N3O3. The molecule has 1 heterocycles. The van der Waals surface area contributed by atoms with Crippen molar-refractivity contribution in [3.8, 4) is 0 Å². The number of hydrogen-bond donors (Lipinski definition) is 1. The smallest absolute Gasteiger partial charge is 0.310 e. The Morgan fingerprint density at radius 1 is 1.36 bits per heavy atom. The molecule has 4 atom stereocenters. The lowest BCUT2D eigenvalue weighted by Crippen LogP contribution is -2.53. The van der Waals surface area contributed by atoms with Crippen molar-refractivity contribution in [1.29, 1.82) is 0 Å². The first-order chi connectivity index (χ1) is 10.4. The van der Waals surface area contributed by atoms with Crippen molar-refractivity contribution >= 4 is 11.9 Å². The van der Waals surface area contributed by atoms with E-state index in [4.69, 9.17) is 10.5 Å². The first-order valence-corrected chi connectivity index (χ1v) is 8.22. The zero-order chi connectivity index (χ0) is 16.4. The molecule has 0 aromatic rings. The monoisotopic (exact) mass is 311 g/mol. The molecule has 1 saturated carbocycles. The number of hydrogen-bond acceptors (Lipinski definition) is 5. The van der Waals surface area contributed by atoms with Gasteiger partial charge in [0.1, 0.15) is 0 Å². The van der Waals surface area contributed by atoms with Gasteiger partial charge >= 0.3 is 5.97 Å². The molecule has 126 valence electrons. The Hall–Kier alpha value is -1.14. The van der Waals surface area contributed by atoms with Crippen molar-refractivity contribution in [3.05, 3.63) is 0 Å². The fourth-order valence-corrected chi connectivity index (χ4v) is 3.76. The van der Waals surface area contributed by atoms with E-state index >= 15 is 0 Å². The number of rotatable bonds is 4. The van der Waals surface area contributed by atoms with Gasteiger partial charge in [0.05, 0.1) is 19.1 Å². The molecule has 22 heavy (non-hydrogen) atoms. The predicted octanol–water partition coefficient (Wildman–Crippen LogP) is 0.597. The summed E-state index contributed by atoms with van der Waals surface area (Å²) in [7, 11) is 3.52. The zero-order valence-corrected chi connectivity index (χ0v) is 14.1. The topological polar surface area (TPSA) is 75.9 Å². The van der Waals surface area contributed by atoms with Gasteiger partial charge in [0.2, 0.25) is 5.91 Å². The summed E-state index contributed by atoms with van der Waals surface area (Å²) in [5.41, 5.74) is 5.83. The molecule has 0 radical (unpaired) electrons. The summed E-state index contributed by atoms with van der Waals surface area (Å²) in [6, 6.07) is 0.313. The van der Waals surface area contributed by atoms with E-state index in [0.29, 0.717) is 25.0 Å². The van der Waals surface area contributed by atoms with Crippen LogP contribution in [0, 0.1) is 5.92 Å². The third-order valence-corrected chi connectivity index (χ3v) is 5.36. The third-order valence-electron chi connectivity index (χ3n) is 5.36. The van der Waals surface area contributed by atoms with E-state index in [9.17, 15) is 9.59 Å². The van der Waals surface area contributed by atoms with E-state index in [0.717, 1.165) is 19.3 Å². The number of carbonyl (C=O) groups excluding carboxylic acids is 2. The van der Waals surface area contributed by atoms with E-state index in [2.05, 4.69) is 25.8 Å². The van der Waals surface area contributed by atoms with Crippen LogP contribution < -0.4 is 5.73 Å². The second kappa shape index (κ2) is 6.96. The van der Waals surface area contributed by atoms with Gasteiger partial charge in [0.25, 0.3) is 0 Å². The molecule has 0 spiro atoms. The molecule has 1 amide bonds. The highest BCUT2D eigenvalue weighted by atomic mass is 16.5. The Bertz CT molecular complexity index is 427. The summed E-state index contributed by atoms with van der Waals surface area (Å²) in [5.74, 6) is -0.478. The van der Waals surface area contributed by atoms with Crippen LogP contribution in [0.4, 0.5) is 0 Å². The fraction of sp³-hybridized carbons (Fsp3) is 0.875. The van der Waals surface area contributed by atoms with Crippen LogP contribution in [0.5, 0.6) is 0 Å².